The molecule has 2 aromatic rings. The Labute approximate surface area is 124 Å². The molecule has 0 unspecified atom stereocenters. The van der Waals surface area contributed by atoms with Crippen molar-refractivity contribution >= 4 is 5.69 Å². The summed E-state index contributed by atoms with van der Waals surface area (Å²) in [5, 5.41) is 12.2. The van der Waals surface area contributed by atoms with E-state index >= 15 is 0 Å². The highest BCUT2D eigenvalue weighted by atomic mass is 16.5. The van der Waals surface area contributed by atoms with Gasteiger partial charge in [-0.05, 0) is 31.0 Å². The van der Waals surface area contributed by atoms with Crippen molar-refractivity contribution < 1.29 is 4.74 Å². The van der Waals surface area contributed by atoms with Crippen LogP contribution >= 0.6 is 0 Å². The number of hydrogen-bond acceptors (Lipinski definition) is 5. The van der Waals surface area contributed by atoms with Crippen LogP contribution in [-0.4, -0.2) is 16.1 Å². The van der Waals surface area contributed by atoms with Crippen LogP contribution in [0.25, 0.3) is 0 Å². The summed E-state index contributed by atoms with van der Waals surface area (Å²) in [5.74, 6) is 0.621. The van der Waals surface area contributed by atoms with Crippen molar-refractivity contribution in [2.45, 2.75) is 32.9 Å². The molecule has 5 heteroatoms. The molecule has 0 bridgehead atoms. The molecule has 0 saturated heterocycles. The second kappa shape index (κ2) is 7.25. The summed E-state index contributed by atoms with van der Waals surface area (Å²) in [7, 11) is 0. The Morgan fingerprint density at radius 2 is 2.24 bits per heavy atom. The maximum absolute atomic E-state index is 9.04. The first-order chi connectivity index (χ1) is 10.2. The third-order valence-electron chi connectivity index (χ3n) is 3.12. The highest BCUT2D eigenvalue weighted by molar-refractivity contribution is 5.55. The van der Waals surface area contributed by atoms with Crippen molar-refractivity contribution in [2.24, 2.45) is 0 Å². The average molecular weight is 282 g/mol. The lowest BCUT2D eigenvalue weighted by molar-refractivity contribution is 0.208. The van der Waals surface area contributed by atoms with E-state index in [4.69, 9.17) is 10.00 Å². The van der Waals surface area contributed by atoms with Gasteiger partial charge in [0.1, 0.15) is 6.07 Å². The van der Waals surface area contributed by atoms with E-state index in [9.17, 15) is 0 Å². The summed E-state index contributed by atoms with van der Waals surface area (Å²) in [6.07, 6.45) is 6.06. The maximum Gasteiger partial charge on any atom is 0.213 e. The number of rotatable bonds is 6. The lowest BCUT2D eigenvalue weighted by Gasteiger charge is -2.13. The quantitative estimate of drug-likeness (QED) is 0.881. The van der Waals surface area contributed by atoms with Gasteiger partial charge in [0, 0.05) is 25.0 Å². The molecule has 0 amide bonds. The van der Waals surface area contributed by atoms with Gasteiger partial charge in [0.05, 0.1) is 23.6 Å². The number of anilines is 1. The van der Waals surface area contributed by atoms with Crippen molar-refractivity contribution in [1.82, 2.24) is 9.97 Å². The Kier molecular flexibility index (Phi) is 5.10. The summed E-state index contributed by atoms with van der Waals surface area (Å²) < 4.78 is 5.70. The fourth-order valence-corrected chi connectivity index (χ4v) is 1.74. The van der Waals surface area contributed by atoms with E-state index in [2.05, 4.69) is 28.3 Å². The van der Waals surface area contributed by atoms with Gasteiger partial charge in [0.2, 0.25) is 5.88 Å². The van der Waals surface area contributed by atoms with Crippen LogP contribution in [0.4, 0.5) is 5.69 Å². The standard InChI is InChI=1S/C16H18N4O/c1-3-12(2)21-16-8-13(4-7-19-16)10-20-15-11-18-6-5-14(15)9-17/h4-8,11-12,20H,3,10H2,1-2H3/t12-/m0/s1. The molecule has 2 rings (SSSR count). The Morgan fingerprint density at radius 3 is 3.00 bits per heavy atom. The monoisotopic (exact) mass is 282 g/mol. The number of ether oxygens (including phenoxy) is 1. The summed E-state index contributed by atoms with van der Waals surface area (Å²) in [6, 6.07) is 7.64. The average Bonchev–Trinajstić information content (AvgIpc) is 2.53. The van der Waals surface area contributed by atoms with Gasteiger partial charge in [0.25, 0.3) is 0 Å². The minimum atomic E-state index is 0.143. The van der Waals surface area contributed by atoms with Crippen LogP contribution < -0.4 is 10.1 Å². The molecular weight excluding hydrogens is 264 g/mol. The van der Waals surface area contributed by atoms with E-state index in [0.29, 0.717) is 18.0 Å². The van der Waals surface area contributed by atoms with Gasteiger partial charge in [-0.3, -0.25) is 4.98 Å². The second-order valence-corrected chi connectivity index (χ2v) is 4.73. The molecule has 0 aliphatic heterocycles. The predicted molar refractivity (Wildman–Crippen MR) is 80.9 cm³/mol. The van der Waals surface area contributed by atoms with E-state index in [-0.39, 0.29) is 6.10 Å². The largest absolute Gasteiger partial charge is 0.475 e. The predicted octanol–water partition coefficient (Wildman–Crippen LogP) is 3.14. The number of nitriles is 1. The molecule has 0 spiro atoms. The summed E-state index contributed by atoms with van der Waals surface area (Å²) in [6.45, 7) is 4.67. The van der Waals surface area contributed by atoms with Gasteiger partial charge < -0.3 is 10.1 Å². The molecule has 0 fully saturated rings. The highest BCUT2D eigenvalue weighted by Gasteiger charge is 2.05. The number of nitrogens with zero attached hydrogens (tertiary/aromatic N) is 3. The Balaban J connectivity index is 2.03. The van der Waals surface area contributed by atoms with Crippen LogP contribution in [-0.2, 0) is 6.54 Å². The fraction of sp³-hybridized carbons (Fsp3) is 0.312. The Hall–Kier alpha value is -2.61. The van der Waals surface area contributed by atoms with Crippen molar-refractivity contribution in [2.75, 3.05) is 5.32 Å². The van der Waals surface area contributed by atoms with Crippen molar-refractivity contribution in [3.05, 3.63) is 47.9 Å². The number of aromatic nitrogens is 2. The van der Waals surface area contributed by atoms with Gasteiger partial charge >= 0.3 is 0 Å². The van der Waals surface area contributed by atoms with Crippen LogP contribution in [0, 0.1) is 11.3 Å². The minimum Gasteiger partial charge on any atom is -0.475 e. The van der Waals surface area contributed by atoms with Crippen molar-refractivity contribution in [3.63, 3.8) is 0 Å². The highest BCUT2D eigenvalue weighted by Crippen LogP contribution is 2.16. The van der Waals surface area contributed by atoms with Gasteiger partial charge in [0.15, 0.2) is 0 Å². The van der Waals surface area contributed by atoms with E-state index < -0.39 is 0 Å². The van der Waals surface area contributed by atoms with Crippen LogP contribution in [0.2, 0.25) is 0 Å². The van der Waals surface area contributed by atoms with E-state index in [1.54, 1.807) is 24.7 Å². The first-order valence-corrected chi connectivity index (χ1v) is 6.92. The number of nitrogens with one attached hydrogen (secondary N) is 1. The maximum atomic E-state index is 9.04. The minimum absolute atomic E-state index is 0.143. The van der Waals surface area contributed by atoms with Crippen LogP contribution in [0.5, 0.6) is 5.88 Å². The first kappa shape index (κ1) is 14.8. The first-order valence-electron chi connectivity index (χ1n) is 6.92. The molecular formula is C16H18N4O. The topological polar surface area (TPSA) is 70.8 Å². The molecule has 2 heterocycles. The normalized spacial score (nSPS) is 11.5. The zero-order valence-corrected chi connectivity index (χ0v) is 12.2. The van der Waals surface area contributed by atoms with E-state index in [1.807, 2.05) is 19.1 Å². The van der Waals surface area contributed by atoms with Crippen LogP contribution in [0.15, 0.2) is 36.8 Å². The molecule has 0 aromatic carbocycles. The van der Waals surface area contributed by atoms with Gasteiger partial charge in [-0.25, -0.2) is 4.98 Å². The summed E-state index contributed by atoms with van der Waals surface area (Å²) >= 11 is 0. The molecule has 5 nitrogen and oxygen atoms in total. The lowest BCUT2D eigenvalue weighted by Crippen LogP contribution is -2.11. The zero-order chi connectivity index (χ0) is 15.1. The van der Waals surface area contributed by atoms with Gasteiger partial charge in [-0.1, -0.05) is 6.92 Å². The molecule has 0 aliphatic carbocycles. The van der Waals surface area contributed by atoms with Crippen LogP contribution in [0.1, 0.15) is 31.4 Å². The third kappa shape index (κ3) is 4.18. The van der Waals surface area contributed by atoms with Crippen LogP contribution in [0.3, 0.4) is 0 Å². The Morgan fingerprint density at radius 1 is 1.38 bits per heavy atom. The SMILES string of the molecule is CC[C@H](C)Oc1cc(CNc2cnccc2C#N)ccn1. The Bertz CT molecular complexity index is 636. The molecule has 1 N–H and O–H groups in total. The van der Waals surface area contributed by atoms with Crippen molar-refractivity contribution in [3.8, 4) is 11.9 Å². The number of pyridine rings is 2. The van der Waals surface area contributed by atoms with Gasteiger partial charge in [-0.15, -0.1) is 0 Å². The second-order valence-electron chi connectivity index (χ2n) is 4.73. The summed E-state index contributed by atoms with van der Waals surface area (Å²) in [4.78, 5) is 8.22. The van der Waals surface area contributed by atoms with E-state index in [1.165, 1.54) is 0 Å². The molecule has 21 heavy (non-hydrogen) atoms. The molecule has 2 aromatic heterocycles. The fourth-order valence-electron chi connectivity index (χ4n) is 1.74. The van der Waals surface area contributed by atoms with E-state index in [0.717, 1.165) is 17.7 Å². The van der Waals surface area contributed by atoms with Gasteiger partial charge in [-0.2, -0.15) is 5.26 Å². The third-order valence-corrected chi connectivity index (χ3v) is 3.12. The smallest absolute Gasteiger partial charge is 0.213 e. The molecule has 0 aliphatic rings. The molecule has 0 saturated carbocycles. The number of hydrogen-bond donors (Lipinski definition) is 1. The molecule has 108 valence electrons. The van der Waals surface area contributed by atoms with Crippen molar-refractivity contribution in [1.29, 1.82) is 5.26 Å². The molecule has 1 atom stereocenters. The zero-order valence-electron chi connectivity index (χ0n) is 12.2. The molecule has 0 radical (unpaired) electrons. The summed E-state index contributed by atoms with van der Waals surface area (Å²) in [5.41, 5.74) is 2.34. The lowest BCUT2D eigenvalue weighted by atomic mass is 10.2.